The van der Waals surface area contributed by atoms with Gasteiger partial charge in [0.05, 0.1) is 19.6 Å². The normalized spacial score (nSPS) is 20.2. The van der Waals surface area contributed by atoms with Crippen molar-refractivity contribution in [3.05, 3.63) is 64.7 Å². The van der Waals surface area contributed by atoms with Gasteiger partial charge >= 0.3 is 0 Å². The molecule has 1 amide bonds. The van der Waals surface area contributed by atoms with Crippen LogP contribution in [0.25, 0.3) is 0 Å². The average molecular weight is 525 g/mol. The Kier molecular flexibility index (Phi) is 11.3. The van der Waals surface area contributed by atoms with E-state index in [0.717, 1.165) is 30.4 Å². The van der Waals surface area contributed by atoms with E-state index in [1.165, 1.54) is 66.7 Å². The van der Waals surface area contributed by atoms with Gasteiger partial charge in [0.15, 0.2) is 6.04 Å². The van der Waals surface area contributed by atoms with Gasteiger partial charge in [0, 0.05) is 51.4 Å². The van der Waals surface area contributed by atoms with Crippen molar-refractivity contribution >= 4 is 11.6 Å². The Morgan fingerprint density at radius 2 is 1.42 bits per heavy atom. The van der Waals surface area contributed by atoms with Gasteiger partial charge < -0.3 is 9.38 Å². The van der Waals surface area contributed by atoms with Crippen molar-refractivity contribution in [2.45, 2.75) is 79.2 Å². The molecule has 1 unspecified atom stereocenters. The number of anilines is 1. The van der Waals surface area contributed by atoms with Gasteiger partial charge in [-0.2, -0.15) is 0 Å². The van der Waals surface area contributed by atoms with Gasteiger partial charge in [-0.1, -0.05) is 53.6 Å². The van der Waals surface area contributed by atoms with Gasteiger partial charge in [-0.05, 0) is 77.8 Å². The van der Waals surface area contributed by atoms with Gasteiger partial charge in [0.25, 0.3) is 5.91 Å². The summed E-state index contributed by atoms with van der Waals surface area (Å²) < 4.78 is 1.03. The molecule has 0 aromatic heterocycles. The van der Waals surface area contributed by atoms with Crippen LogP contribution in [0.4, 0.5) is 5.69 Å². The number of nitrogens with zero attached hydrogens (tertiary/aromatic N) is 2. The van der Waals surface area contributed by atoms with Crippen molar-refractivity contribution < 1.29 is 42.0 Å². The van der Waals surface area contributed by atoms with Gasteiger partial charge in [-0.3, -0.25) is 4.79 Å². The SMILES string of the molecule is CC[N+]1(C2CCCN(c3c(C)cc(C)cc3C)C2=O)CCCCCC1.Cc1ccccc1.[Y]. The first-order valence-electron chi connectivity index (χ1n) is 12.6. The van der Waals surface area contributed by atoms with E-state index in [9.17, 15) is 4.79 Å². The second-order valence-electron chi connectivity index (χ2n) is 9.95. The van der Waals surface area contributed by atoms with E-state index in [4.69, 9.17) is 0 Å². The maximum absolute atomic E-state index is 13.6. The summed E-state index contributed by atoms with van der Waals surface area (Å²) in [4.78, 5) is 15.7. The Labute approximate surface area is 227 Å². The van der Waals surface area contributed by atoms with Gasteiger partial charge in [0.2, 0.25) is 0 Å². The fourth-order valence-corrected chi connectivity index (χ4v) is 5.89. The minimum atomic E-state index is 0. The molecule has 1 radical (unpaired) electrons. The zero-order chi connectivity index (χ0) is 23.1. The van der Waals surface area contributed by atoms with Gasteiger partial charge in [-0.15, -0.1) is 0 Å². The number of amides is 1. The molecule has 1 atom stereocenters. The van der Waals surface area contributed by atoms with Crippen LogP contribution in [0.1, 0.15) is 67.7 Å². The van der Waals surface area contributed by atoms with Crippen molar-refractivity contribution in [2.24, 2.45) is 0 Å². The van der Waals surface area contributed by atoms with Gasteiger partial charge in [0.1, 0.15) is 0 Å². The zero-order valence-corrected chi connectivity index (χ0v) is 24.4. The number of carbonyl (C=O) groups is 1. The standard InChI is InChI=1S/C22H35N2O.C7H8.Y/c1-5-24(13-8-6-7-9-14-24)20-11-10-12-23(22(20)25)21-18(3)15-17(2)16-19(21)4;1-7-5-3-2-4-6-7;/h15-16,20H,5-14H2,1-4H3;2-6H,1H3;/q+1;;. The maximum Gasteiger partial charge on any atom is 0.285 e. The molecule has 0 bridgehead atoms. The van der Waals surface area contributed by atoms with E-state index < -0.39 is 0 Å². The Hall–Kier alpha value is -1.03. The van der Waals surface area contributed by atoms with Crippen LogP contribution in [0.5, 0.6) is 0 Å². The third kappa shape index (κ3) is 6.99. The van der Waals surface area contributed by atoms with E-state index in [1.54, 1.807) is 0 Å². The molecule has 2 aliphatic heterocycles. The number of rotatable bonds is 3. The number of likely N-dealkylation sites (tertiary alicyclic amines) is 1. The van der Waals surface area contributed by atoms with Crippen LogP contribution in [0.15, 0.2) is 42.5 Å². The molecule has 4 rings (SSSR count). The van der Waals surface area contributed by atoms with E-state index in [1.807, 2.05) is 18.2 Å². The molecule has 2 saturated heterocycles. The number of likely N-dealkylation sites (N-methyl/N-ethyl adjacent to an activating group) is 1. The summed E-state index contributed by atoms with van der Waals surface area (Å²) in [5, 5.41) is 0. The molecule has 0 N–H and O–H groups in total. The first-order valence-corrected chi connectivity index (χ1v) is 12.6. The molecular formula is C29H43N2OY+. The number of quaternary nitrogens is 1. The van der Waals surface area contributed by atoms with Crippen molar-refractivity contribution in [1.82, 2.24) is 0 Å². The molecule has 2 aromatic carbocycles. The molecule has 3 nitrogen and oxygen atoms in total. The summed E-state index contributed by atoms with van der Waals surface area (Å²) >= 11 is 0. The van der Waals surface area contributed by atoms with E-state index >= 15 is 0 Å². The number of hydrogen-bond donors (Lipinski definition) is 0. The largest absolute Gasteiger partial charge is 0.314 e. The predicted molar refractivity (Wildman–Crippen MR) is 136 cm³/mol. The molecule has 177 valence electrons. The molecule has 2 heterocycles. The molecule has 0 saturated carbocycles. The number of hydrogen-bond acceptors (Lipinski definition) is 1. The Bertz CT molecular complexity index is 865. The first-order chi connectivity index (χ1) is 15.4. The molecule has 2 aromatic rings. The Balaban J connectivity index is 0.000000413. The molecule has 4 heteroatoms. The molecule has 2 fully saturated rings. The van der Waals surface area contributed by atoms with E-state index in [2.05, 4.69) is 63.8 Å². The van der Waals surface area contributed by atoms with E-state index in [0.29, 0.717) is 5.91 Å². The van der Waals surface area contributed by atoms with Crippen LogP contribution in [0.2, 0.25) is 0 Å². The van der Waals surface area contributed by atoms with Crippen LogP contribution < -0.4 is 4.90 Å². The molecular weight excluding hydrogens is 481 g/mol. The summed E-state index contributed by atoms with van der Waals surface area (Å²) in [5.41, 5.74) is 6.26. The Morgan fingerprint density at radius 3 is 1.91 bits per heavy atom. The van der Waals surface area contributed by atoms with E-state index in [-0.39, 0.29) is 38.8 Å². The van der Waals surface area contributed by atoms with Crippen LogP contribution in [0.3, 0.4) is 0 Å². The third-order valence-corrected chi connectivity index (χ3v) is 7.50. The maximum atomic E-state index is 13.6. The summed E-state index contributed by atoms with van der Waals surface area (Å²) in [6.07, 6.45) is 7.41. The minimum absolute atomic E-state index is 0. The zero-order valence-electron chi connectivity index (χ0n) is 21.6. The minimum Gasteiger partial charge on any atom is -0.314 e. The summed E-state index contributed by atoms with van der Waals surface area (Å²) in [6, 6.07) is 14.9. The first kappa shape index (κ1) is 28.2. The fourth-order valence-electron chi connectivity index (χ4n) is 5.89. The second kappa shape index (κ2) is 13.2. The predicted octanol–water partition coefficient (Wildman–Crippen LogP) is 6.51. The van der Waals surface area contributed by atoms with Crippen molar-refractivity contribution in [3.8, 4) is 0 Å². The summed E-state index contributed by atoms with van der Waals surface area (Å²) in [5.74, 6) is 0.380. The Morgan fingerprint density at radius 1 is 0.848 bits per heavy atom. The second-order valence-corrected chi connectivity index (χ2v) is 9.95. The summed E-state index contributed by atoms with van der Waals surface area (Å²) in [7, 11) is 0. The molecule has 33 heavy (non-hydrogen) atoms. The van der Waals surface area contributed by atoms with Crippen LogP contribution in [-0.4, -0.2) is 42.6 Å². The molecule has 0 aliphatic carbocycles. The quantitative estimate of drug-likeness (QED) is 0.419. The number of carbonyl (C=O) groups excluding carboxylic acids is 1. The topological polar surface area (TPSA) is 20.3 Å². The van der Waals surface area contributed by atoms with Crippen LogP contribution >= 0.6 is 0 Å². The molecule has 0 spiro atoms. The number of aryl methyl sites for hydroxylation is 4. The molecule has 2 aliphatic rings. The van der Waals surface area contributed by atoms with Crippen molar-refractivity contribution in [1.29, 1.82) is 0 Å². The fraction of sp³-hybridized carbons (Fsp3) is 0.552. The number of benzene rings is 2. The average Bonchev–Trinajstić information content (AvgIpc) is 3.02. The van der Waals surface area contributed by atoms with Crippen molar-refractivity contribution in [2.75, 3.05) is 31.1 Å². The van der Waals surface area contributed by atoms with Gasteiger partial charge in [-0.25, -0.2) is 0 Å². The monoisotopic (exact) mass is 524 g/mol. The van der Waals surface area contributed by atoms with Crippen LogP contribution in [-0.2, 0) is 37.5 Å². The summed E-state index contributed by atoms with van der Waals surface area (Å²) in [6.45, 7) is 15.2. The van der Waals surface area contributed by atoms with Crippen molar-refractivity contribution in [3.63, 3.8) is 0 Å². The third-order valence-electron chi connectivity index (χ3n) is 7.50. The van der Waals surface area contributed by atoms with Crippen LogP contribution in [0, 0.1) is 27.7 Å². The number of piperidine rings is 1. The smallest absolute Gasteiger partial charge is 0.285 e.